The second kappa shape index (κ2) is 6.61. The van der Waals surface area contributed by atoms with E-state index in [1.165, 1.54) is 0 Å². The molecule has 1 N–H and O–H groups in total. The van der Waals surface area contributed by atoms with Crippen LogP contribution in [0.3, 0.4) is 0 Å². The number of sulfonamides is 1. The van der Waals surface area contributed by atoms with Crippen molar-refractivity contribution in [3.05, 3.63) is 29.3 Å². The molecule has 1 saturated heterocycles. The average molecular weight is 307 g/mol. The molecule has 5 heteroatoms. The number of rotatable bonds is 3. The quantitative estimate of drug-likeness (QED) is 0.868. The van der Waals surface area contributed by atoms with E-state index in [-0.39, 0.29) is 12.6 Å². The number of aryl methyl sites for hydroxylation is 1. The first-order valence-electron chi connectivity index (χ1n) is 7.19. The van der Waals surface area contributed by atoms with Crippen molar-refractivity contribution in [3.8, 4) is 11.8 Å². The molecule has 0 saturated carbocycles. The van der Waals surface area contributed by atoms with Crippen LogP contribution in [0.2, 0.25) is 0 Å². The van der Waals surface area contributed by atoms with Gasteiger partial charge in [-0.05, 0) is 50.5 Å². The highest BCUT2D eigenvalue weighted by Crippen LogP contribution is 2.26. The largest absolute Gasteiger partial charge is 0.395 e. The van der Waals surface area contributed by atoms with E-state index in [1.54, 1.807) is 22.5 Å². The standard InChI is InChI=1S/C16H21NO3S/c1-13-12-16(9-8-15(13)7-3-4-11-18)21(19,20)17-10-5-6-14(17)2/h8-9,12,14,18H,4-6,10-11H2,1-2H3. The molecule has 1 fully saturated rings. The molecular weight excluding hydrogens is 286 g/mol. The third kappa shape index (κ3) is 3.46. The summed E-state index contributed by atoms with van der Waals surface area (Å²) in [7, 11) is -3.41. The van der Waals surface area contributed by atoms with Crippen molar-refractivity contribution in [1.82, 2.24) is 4.31 Å². The van der Waals surface area contributed by atoms with Crippen molar-refractivity contribution in [3.63, 3.8) is 0 Å². The van der Waals surface area contributed by atoms with Crippen molar-refractivity contribution in [1.29, 1.82) is 0 Å². The second-order valence-corrected chi connectivity index (χ2v) is 7.25. The van der Waals surface area contributed by atoms with Gasteiger partial charge >= 0.3 is 0 Å². The molecule has 21 heavy (non-hydrogen) atoms. The maximum Gasteiger partial charge on any atom is 0.243 e. The van der Waals surface area contributed by atoms with E-state index in [1.807, 2.05) is 13.8 Å². The van der Waals surface area contributed by atoms with Gasteiger partial charge in [0.1, 0.15) is 0 Å². The average Bonchev–Trinajstić information content (AvgIpc) is 2.87. The third-order valence-electron chi connectivity index (χ3n) is 3.76. The Bertz CT molecular complexity index is 670. The minimum atomic E-state index is -3.41. The van der Waals surface area contributed by atoms with Gasteiger partial charge in [0.05, 0.1) is 11.5 Å². The van der Waals surface area contributed by atoms with E-state index in [9.17, 15) is 8.42 Å². The monoisotopic (exact) mass is 307 g/mol. The van der Waals surface area contributed by atoms with Gasteiger partial charge in [-0.25, -0.2) is 8.42 Å². The number of nitrogens with zero attached hydrogens (tertiary/aromatic N) is 1. The van der Waals surface area contributed by atoms with Crippen LogP contribution in [0.25, 0.3) is 0 Å². The van der Waals surface area contributed by atoms with Gasteiger partial charge in [0, 0.05) is 24.6 Å². The number of hydrogen-bond donors (Lipinski definition) is 1. The van der Waals surface area contributed by atoms with Gasteiger partial charge in [0.25, 0.3) is 0 Å². The van der Waals surface area contributed by atoms with Gasteiger partial charge < -0.3 is 5.11 Å². The predicted octanol–water partition coefficient (Wildman–Crippen LogP) is 1.90. The lowest BCUT2D eigenvalue weighted by molar-refractivity contribution is 0.305. The molecule has 0 bridgehead atoms. The van der Waals surface area contributed by atoms with E-state index in [2.05, 4.69) is 11.8 Å². The van der Waals surface area contributed by atoms with Crippen LogP contribution in [0.1, 0.15) is 37.3 Å². The molecule has 1 heterocycles. The third-order valence-corrected chi connectivity index (χ3v) is 5.77. The van der Waals surface area contributed by atoms with Crippen LogP contribution < -0.4 is 0 Å². The zero-order chi connectivity index (χ0) is 15.5. The van der Waals surface area contributed by atoms with Crippen molar-refractivity contribution >= 4 is 10.0 Å². The first kappa shape index (κ1) is 16.0. The lowest BCUT2D eigenvalue weighted by Gasteiger charge is -2.21. The molecule has 4 nitrogen and oxygen atoms in total. The van der Waals surface area contributed by atoms with Crippen LogP contribution in [-0.4, -0.2) is 37.0 Å². The fourth-order valence-electron chi connectivity index (χ4n) is 2.55. The Kier molecular flexibility index (Phi) is 5.04. The van der Waals surface area contributed by atoms with E-state index in [0.29, 0.717) is 17.9 Å². The van der Waals surface area contributed by atoms with Crippen molar-refractivity contribution in [2.75, 3.05) is 13.2 Å². The Morgan fingerprint density at radius 2 is 2.19 bits per heavy atom. The van der Waals surface area contributed by atoms with Crippen molar-refractivity contribution in [2.45, 2.75) is 44.0 Å². The van der Waals surface area contributed by atoms with E-state index in [0.717, 1.165) is 24.0 Å². The zero-order valence-electron chi connectivity index (χ0n) is 12.5. The summed E-state index contributed by atoms with van der Waals surface area (Å²) in [6.07, 6.45) is 2.26. The minimum absolute atomic E-state index is 0.0331. The minimum Gasteiger partial charge on any atom is -0.395 e. The molecule has 2 rings (SSSR count). The molecule has 0 aliphatic carbocycles. The topological polar surface area (TPSA) is 57.6 Å². The smallest absolute Gasteiger partial charge is 0.243 e. The Morgan fingerprint density at radius 3 is 2.76 bits per heavy atom. The highest BCUT2D eigenvalue weighted by molar-refractivity contribution is 7.89. The lowest BCUT2D eigenvalue weighted by atomic mass is 10.1. The first-order valence-corrected chi connectivity index (χ1v) is 8.63. The summed E-state index contributed by atoms with van der Waals surface area (Å²) in [5.74, 6) is 5.81. The lowest BCUT2D eigenvalue weighted by Crippen LogP contribution is -2.33. The summed E-state index contributed by atoms with van der Waals surface area (Å²) in [5, 5.41) is 8.72. The SMILES string of the molecule is Cc1cc(S(=O)(=O)N2CCCC2C)ccc1C#CCCO. The van der Waals surface area contributed by atoms with E-state index < -0.39 is 10.0 Å². The molecule has 1 aromatic rings. The Morgan fingerprint density at radius 1 is 1.43 bits per heavy atom. The van der Waals surface area contributed by atoms with Crippen LogP contribution in [0, 0.1) is 18.8 Å². The maximum atomic E-state index is 12.6. The van der Waals surface area contributed by atoms with Crippen LogP contribution >= 0.6 is 0 Å². The zero-order valence-corrected chi connectivity index (χ0v) is 13.3. The molecule has 1 atom stereocenters. The summed E-state index contributed by atoms with van der Waals surface area (Å²) < 4.78 is 26.8. The van der Waals surface area contributed by atoms with Crippen molar-refractivity contribution in [2.24, 2.45) is 0 Å². The van der Waals surface area contributed by atoms with Crippen LogP contribution in [-0.2, 0) is 10.0 Å². The normalized spacial score (nSPS) is 19.3. The van der Waals surface area contributed by atoms with Crippen LogP contribution in [0.5, 0.6) is 0 Å². The number of aliphatic hydroxyl groups is 1. The molecule has 0 aromatic heterocycles. The Hall–Kier alpha value is -1.35. The number of hydrogen-bond acceptors (Lipinski definition) is 3. The predicted molar refractivity (Wildman–Crippen MR) is 82.3 cm³/mol. The van der Waals surface area contributed by atoms with Crippen LogP contribution in [0.4, 0.5) is 0 Å². The first-order chi connectivity index (χ1) is 9.96. The Balaban J connectivity index is 2.30. The van der Waals surface area contributed by atoms with Crippen molar-refractivity contribution < 1.29 is 13.5 Å². The summed E-state index contributed by atoms with van der Waals surface area (Å²) in [5.41, 5.74) is 1.64. The molecule has 0 amide bonds. The van der Waals surface area contributed by atoms with Gasteiger partial charge in [-0.15, -0.1) is 0 Å². The fourth-order valence-corrected chi connectivity index (χ4v) is 4.34. The summed E-state index contributed by atoms with van der Waals surface area (Å²) in [6.45, 7) is 4.44. The highest BCUT2D eigenvalue weighted by Gasteiger charge is 2.32. The van der Waals surface area contributed by atoms with E-state index in [4.69, 9.17) is 5.11 Å². The van der Waals surface area contributed by atoms with Crippen LogP contribution in [0.15, 0.2) is 23.1 Å². The molecule has 1 aliphatic heterocycles. The Labute approximate surface area is 126 Å². The molecule has 1 aromatic carbocycles. The van der Waals surface area contributed by atoms with Gasteiger partial charge in [-0.2, -0.15) is 4.31 Å². The number of aliphatic hydroxyl groups excluding tert-OH is 1. The molecule has 114 valence electrons. The summed E-state index contributed by atoms with van der Waals surface area (Å²) >= 11 is 0. The molecular formula is C16H21NO3S. The second-order valence-electron chi connectivity index (χ2n) is 5.36. The molecule has 0 spiro atoms. The molecule has 1 unspecified atom stereocenters. The molecule has 1 aliphatic rings. The highest BCUT2D eigenvalue weighted by atomic mass is 32.2. The van der Waals surface area contributed by atoms with Gasteiger partial charge in [0.2, 0.25) is 10.0 Å². The number of benzene rings is 1. The van der Waals surface area contributed by atoms with E-state index >= 15 is 0 Å². The van der Waals surface area contributed by atoms with Gasteiger partial charge in [0.15, 0.2) is 0 Å². The summed E-state index contributed by atoms with van der Waals surface area (Å²) in [4.78, 5) is 0.335. The van der Waals surface area contributed by atoms with Gasteiger partial charge in [-0.3, -0.25) is 0 Å². The summed E-state index contributed by atoms with van der Waals surface area (Å²) in [6, 6.07) is 5.12. The maximum absolute atomic E-state index is 12.6. The fraction of sp³-hybridized carbons (Fsp3) is 0.500. The molecule has 0 radical (unpaired) electrons. The van der Waals surface area contributed by atoms with Gasteiger partial charge in [-0.1, -0.05) is 11.8 Å².